The van der Waals surface area contributed by atoms with Crippen LogP contribution in [0.3, 0.4) is 0 Å². The Morgan fingerprint density at radius 3 is 3.00 bits per heavy atom. The Bertz CT molecular complexity index is 951. The molecule has 4 heterocycles. The Morgan fingerprint density at radius 2 is 2.08 bits per heavy atom. The molecular weight excluding hydrogens is 312 g/mol. The molecule has 0 atom stereocenters. The highest BCUT2D eigenvalue weighted by atomic mass is 15.1. The number of pyridine rings is 1. The Hall–Kier alpha value is -2.73. The first-order valence-corrected chi connectivity index (χ1v) is 8.83. The first-order valence-electron chi connectivity index (χ1n) is 8.83. The standard InChI is InChI=1S/C19H20N6/c1-4-18-21-9-10-25(18)12-13(1)15-2-3-17-16(15)11-22-19(24-17)23-14-5-7-20-8-6-14/h1-2,4,9-12,14,20H,3,5-8H2,(H,22,23,24). The van der Waals surface area contributed by atoms with Gasteiger partial charge in [0.25, 0.3) is 0 Å². The maximum absolute atomic E-state index is 4.76. The molecule has 0 spiro atoms. The lowest BCUT2D eigenvalue weighted by molar-refractivity contribution is 0.477. The van der Waals surface area contributed by atoms with Crippen LogP contribution < -0.4 is 10.6 Å². The zero-order valence-electron chi connectivity index (χ0n) is 13.9. The van der Waals surface area contributed by atoms with E-state index in [2.05, 4.69) is 38.9 Å². The Kier molecular flexibility index (Phi) is 3.48. The van der Waals surface area contributed by atoms with Crippen molar-refractivity contribution in [3.8, 4) is 0 Å². The Balaban J connectivity index is 1.41. The Morgan fingerprint density at radius 1 is 1.16 bits per heavy atom. The fourth-order valence-electron chi connectivity index (χ4n) is 3.68. The minimum atomic E-state index is 0.469. The van der Waals surface area contributed by atoms with Crippen LogP contribution in [0, 0.1) is 0 Å². The third kappa shape index (κ3) is 2.68. The maximum atomic E-state index is 4.76. The third-order valence-corrected chi connectivity index (χ3v) is 5.03. The molecule has 0 amide bonds. The zero-order chi connectivity index (χ0) is 16.6. The number of anilines is 1. The lowest BCUT2D eigenvalue weighted by Crippen LogP contribution is -2.35. The van der Waals surface area contributed by atoms with Crippen molar-refractivity contribution < 1.29 is 0 Å². The van der Waals surface area contributed by atoms with E-state index in [0.717, 1.165) is 55.2 Å². The van der Waals surface area contributed by atoms with E-state index < -0.39 is 0 Å². The molecule has 2 aliphatic rings. The minimum absolute atomic E-state index is 0.469. The summed E-state index contributed by atoms with van der Waals surface area (Å²) in [6.07, 6.45) is 13.2. The van der Waals surface area contributed by atoms with Crippen molar-refractivity contribution in [1.29, 1.82) is 0 Å². The molecule has 6 nitrogen and oxygen atoms in total. The minimum Gasteiger partial charge on any atom is -0.351 e. The lowest BCUT2D eigenvalue weighted by Gasteiger charge is -2.23. The topological polar surface area (TPSA) is 67.1 Å². The highest BCUT2D eigenvalue weighted by Crippen LogP contribution is 2.32. The van der Waals surface area contributed by atoms with Gasteiger partial charge in [0.15, 0.2) is 0 Å². The molecule has 1 saturated heterocycles. The fourth-order valence-corrected chi connectivity index (χ4v) is 3.68. The van der Waals surface area contributed by atoms with E-state index in [1.165, 1.54) is 11.1 Å². The number of piperidine rings is 1. The molecule has 0 aromatic carbocycles. The first-order chi connectivity index (χ1) is 12.4. The predicted octanol–water partition coefficient (Wildman–Crippen LogP) is 2.28. The van der Waals surface area contributed by atoms with Gasteiger partial charge in [0.2, 0.25) is 5.95 Å². The molecule has 1 aliphatic heterocycles. The van der Waals surface area contributed by atoms with Crippen LogP contribution in [0.5, 0.6) is 0 Å². The van der Waals surface area contributed by atoms with Crippen molar-refractivity contribution in [3.63, 3.8) is 0 Å². The van der Waals surface area contributed by atoms with Crippen LogP contribution in [0.25, 0.3) is 11.2 Å². The van der Waals surface area contributed by atoms with Gasteiger partial charge in [-0.15, -0.1) is 0 Å². The second-order valence-electron chi connectivity index (χ2n) is 6.65. The molecule has 6 heteroatoms. The summed E-state index contributed by atoms with van der Waals surface area (Å²) in [5.74, 6) is 0.755. The van der Waals surface area contributed by atoms with Gasteiger partial charge in [-0.1, -0.05) is 6.08 Å². The number of imidazole rings is 1. The van der Waals surface area contributed by atoms with Gasteiger partial charge in [0, 0.05) is 42.8 Å². The number of allylic oxidation sites excluding steroid dienone is 1. The van der Waals surface area contributed by atoms with Crippen LogP contribution in [0.4, 0.5) is 5.95 Å². The van der Waals surface area contributed by atoms with Gasteiger partial charge >= 0.3 is 0 Å². The summed E-state index contributed by atoms with van der Waals surface area (Å²) >= 11 is 0. The van der Waals surface area contributed by atoms with Crippen LogP contribution in [0.1, 0.15) is 29.7 Å². The predicted molar refractivity (Wildman–Crippen MR) is 97.5 cm³/mol. The van der Waals surface area contributed by atoms with Gasteiger partial charge in [-0.3, -0.25) is 0 Å². The van der Waals surface area contributed by atoms with E-state index in [-0.39, 0.29) is 0 Å². The molecule has 0 radical (unpaired) electrons. The van der Waals surface area contributed by atoms with E-state index >= 15 is 0 Å². The average Bonchev–Trinajstić information content (AvgIpc) is 3.28. The van der Waals surface area contributed by atoms with Crippen LogP contribution in [0.15, 0.2) is 43.0 Å². The van der Waals surface area contributed by atoms with Crippen LogP contribution in [-0.2, 0) is 6.42 Å². The summed E-state index contributed by atoms with van der Waals surface area (Å²) in [6.45, 7) is 2.12. The summed E-state index contributed by atoms with van der Waals surface area (Å²) in [6, 6.07) is 4.63. The van der Waals surface area contributed by atoms with Gasteiger partial charge in [-0.25, -0.2) is 15.0 Å². The highest BCUT2D eigenvalue weighted by Gasteiger charge is 2.20. The van der Waals surface area contributed by atoms with Gasteiger partial charge in [-0.2, -0.15) is 0 Å². The summed E-state index contributed by atoms with van der Waals surface area (Å²) in [5.41, 5.74) is 5.58. The first kappa shape index (κ1) is 14.6. The van der Waals surface area contributed by atoms with E-state index in [4.69, 9.17) is 4.98 Å². The summed E-state index contributed by atoms with van der Waals surface area (Å²) in [5, 5.41) is 6.87. The molecular formula is C19H20N6. The summed E-state index contributed by atoms with van der Waals surface area (Å²) in [7, 11) is 0. The second-order valence-corrected chi connectivity index (χ2v) is 6.65. The van der Waals surface area contributed by atoms with Gasteiger partial charge in [-0.05, 0) is 49.2 Å². The molecule has 3 aromatic rings. The second kappa shape index (κ2) is 5.97. The van der Waals surface area contributed by atoms with E-state index in [0.29, 0.717) is 6.04 Å². The number of nitrogens with one attached hydrogen (secondary N) is 2. The van der Waals surface area contributed by atoms with Crippen molar-refractivity contribution in [2.45, 2.75) is 25.3 Å². The van der Waals surface area contributed by atoms with Crippen molar-refractivity contribution in [2.75, 3.05) is 18.4 Å². The van der Waals surface area contributed by atoms with E-state index in [1.54, 1.807) is 0 Å². The van der Waals surface area contributed by atoms with Crippen LogP contribution in [0.2, 0.25) is 0 Å². The molecule has 0 unspecified atom stereocenters. The fraction of sp³-hybridized carbons (Fsp3) is 0.316. The number of nitrogens with zero attached hydrogens (tertiary/aromatic N) is 4. The molecule has 2 N–H and O–H groups in total. The molecule has 0 bridgehead atoms. The SMILES string of the molecule is C1=C(c2ccc3nccn3c2)c2cnc(NC3CCNCC3)nc2C1. The quantitative estimate of drug-likeness (QED) is 0.770. The summed E-state index contributed by atoms with van der Waals surface area (Å²) in [4.78, 5) is 13.6. The van der Waals surface area contributed by atoms with Crippen LogP contribution >= 0.6 is 0 Å². The molecule has 25 heavy (non-hydrogen) atoms. The molecule has 0 saturated carbocycles. The third-order valence-electron chi connectivity index (χ3n) is 5.03. The average molecular weight is 332 g/mol. The highest BCUT2D eigenvalue weighted by molar-refractivity contribution is 5.83. The van der Waals surface area contributed by atoms with Crippen molar-refractivity contribution in [3.05, 3.63) is 59.8 Å². The lowest BCUT2D eigenvalue weighted by atomic mass is 10.0. The zero-order valence-corrected chi connectivity index (χ0v) is 13.9. The smallest absolute Gasteiger partial charge is 0.223 e. The largest absolute Gasteiger partial charge is 0.351 e. The molecule has 5 rings (SSSR count). The number of hydrogen-bond donors (Lipinski definition) is 2. The van der Waals surface area contributed by atoms with E-state index in [9.17, 15) is 0 Å². The van der Waals surface area contributed by atoms with Gasteiger partial charge in [0.1, 0.15) is 5.65 Å². The molecule has 126 valence electrons. The van der Waals surface area contributed by atoms with Gasteiger partial charge in [0.05, 0.1) is 5.69 Å². The van der Waals surface area contributed by atoms with Crippen molar-refractivity contribution in [1.82, 2.24) is 24.7 Å². The maximum Gasteiger partial charge on any atom is 0.223 e. The molecule has 1 aliphatic carbocycles. The van der Waals surface area contributed by atoms with Crippen molar-refractivity contribution >= 4 is 17.2 Å². The Labute approximate surface area is 146 Å². The van der Waals surface area contributed by atoms with E-state index in [1.807, 2.05) is 29.1 Å². The van der Waals surface area contributed by atoms with Crippen molar-refractivity contribution in [2.24, 2.45) is 0 Å². The molecule has 3 aromatic heterocycles. The van der Waals surface area contributed by atoms with Crippen LogP contribution in [-0.4, -0.2) is 38.5 Å². The number of aromatic nitrogens is 4. The normalized spacial score (nSPS) is 17.5. The molecule has 1 fully saturated rings. The van der Waals surface area contributed by atoms with Gasteiger partial charge < -0.3 is 15.0 Å². The monoisotopic (exact) mass is 332 g/mol. The number of fused-ring (bicyclic) bond motifs is 2. The number of hydrogen-bond acceptors (Lipinski definition) is 5. The number of rotatable bonds is 3. The summed E-state index contributed by atoms with van der Waals surface area (Å²) < 4.78 is 2.04.